The molecule has 0 radical (unpaired) electrons. The molecule has 0 N–H and O–H groups in total. The van der Waals surface area contributed by atoms with Gasteiger partial charge in [-0.05, 0) is 42.7 Å². The Kier molecular flexibility index (Phi) is 5.07. The number of nitrogens with zero attached hydrogens (tertiary/aromatic N) is 1. The van der Waals surface area contributed by atoms with Gasteiger partial charge in [0.25, 0.3) is 0 Å². The molecule has 0 aliphatic carbocycles. The zero-order valence-corrected chi connectivity index (χ0v) is 16.1. The van der Waals surface area contributed by atoms with Crippen LogP contribution in [0, 0.1) is 0 Å². The molecule has 2 aliphatic heterocycles. The summed E-state index contributed by atoms with van der Waals surface area (Å²) in [6, 6.07) is 15.1. The maximum atomic E-state index is 12.8. The molecule has 2 aromatic rings. The van der Waals surface area contributed by atoms with E-state index in [0.29, 0.717) is 43.7 Å². The van der Waals surface area contributed by atoms with Gasteiger partial charge in [-0.3, -0.25) is 9.59 Å². The standard InChI is InChI=1S/C23H25NO4/c1-27-18-7-4-6-17(14-18)15-22(26)24-12-5-10-23(11-13-24)16-20(25)19-8-2-3-9-21(19)28-23/h2-4,6-9,14H,5,10-13,15-16H2,1H3. The Hall–Kier alpha value is -2.82. The van der Waals surface area contributed by atoms with Gasteiger partial charge in [-0.15, -0.1) is 0 Å². The molecule has 0 bridgehead atoms. The van der Waals surface area contributed by atoms with Crippen molar-refractivity contribution < 1.29 is 19.1 Å². The number of benzene rings is 2. The van der Waals surface area contributed by atoms with E-state index in [1.807, 2.05) is 53.4 Å². The van der Waals surface area contributed by atoms with Gasteiger partial charge in [0.15, 0.2) is 5.78 Å². The molecule has 1 atom stereocenters. The first kappa shape index (κ1) is 18.5. The van der Waals surface area contributed by atoms with Crippen LogP contribution >= 0.6 is 0 Å². The minimum absolute atomic E-state index is 0.104. The molecule has 1 saturated heterocycles. The summed E-state index contributed by atoms with van der Waals surface area (Å²) < 4.78 is 11.6. The summed E-state index contributed by atoms with van der Waals surface area (Å²) in [6.07, 6.45) is 3.04. The fourth-order valence-corrected chi connectivity index (χ4v) is 4.21. The second-order valence-corrected chi connectivity index (χ2v) is 7.64. The van der Waals surface area contributed by atoms with E-state index in [4.69, 9.17) is 9.47 Å². The number of amides is 1. The van der Waals surface area contributed by atoms with Crippen molar-refractivity contribution >= 4 is 11.7 Å². The number of carbonyl (C=O) groups is 2. The van der Waals surface area contributed by atoms with Crippen molar-refractivity contribution in [1.29, 1.82) is 0 Å². The lowest BCUT2D eigenvalue weighted by Gasteiger charge is -2.37. The molecule has 1 spiro atoms. The number of para-hydroxylation sites is 1. The Morgan fingerprint density at radius 2 is 2.00 bits per heavy atom. The van der Waals surface area contributed by atoms with Gasteiger partial charge < -0.3 is 14.4 Å². The number of hydrogen-bond donors (Lipinski definition) is 0. The fraction of sp³-hybridized carbons (Fsp3) is 0.391. The number of ketones is 1. The molecular weight excluding hydrogens is 354 g/mol. The molecule has 1 amide bonds. The zero-order chi connectivity index (χ0) is 19.6. The van der Waals surface area contributed by atoms with Crippen molar-refractivity contribution in [3.8, 4) is 11.5 Å². The molecular formula is C23H25NO4. The van der Waals surface area contributed by atoms with E-state index in [-0.39, 0.29) is 11.7 Å². The number of likely N-dealkylation sites (tertiary alicyclic amines) is 1. The number of methoxy groups -OCH3 is 1. The van der Waals surface area contributed by atoms with Crippen molar-refractivity contribution in [2.24, 2.45) is 0 Å². The van der Waals surface area contributed by atoms with E-state index in [2.05, 4.69) is 0 Å². The number of rotatable bonds is 3. The lowest BCUT2D eigenvalue weighted by Crippen LogP contribution is -2.43. The fourth-order valence-electron chi connectivity index (χ4n) is 4.21. The summed E-state index contributed by atoms with van der Waals surface area (Å²) in [5.74, 6) is 1.67. The van der Waals surface area contributed by atoms with E-state index >= 15 is 0 Å². The molecule has 146 valence electrons. The third kappa shape index (κ3) is 3.75. The average Bonchev–Trinajstić information content (AvgIpc) is 2.90. The highest BCUT2D eigenvalue weighted by atomic mass is 16.5. The third-order valence-corrected chi connectivity index (χ3v) is 5.74. The molecule has 0 aromatic heterocycles. The van der Waals surface area contributed by atoms with Gasteiger partial charge in [0.1, 0.15) is 17.1 Å². The number of fused-ring (bicyclic) bond motifs is 1. The molecule has 28 heavy (non-hydrogen) atoms. The molecule has 0 saturated carbocycles. The molecule has 5 nitrogen and oxygen atoms in total. The summed E-state index contributed by atoms with van der Waals surface area (Å²) in [5.41, 5.74) is 1.13. The summed E-state index contributed by atoms with van der Waals surface area (Å²) in [6.45, 7) is 1.31. The van der Waals surface area contributed by atoms with Crippen LogP contribution in [0.4, 0.5) is 0 Å². The maximum absolute atomic E-state index is 12.8. The van der Waals surface area contributed by atoms with Crippen LogP contribution in [-0.2, 0) is 11.2 Å². The second-order valence-electron chi connectivity index (χ2n) is 7.64. The lowest BCUT2D eigenvalue weighted by molar-refractivity contribution is -0.130. The Bertz CT molecular complexity index is 894. The molecule has 1 fully saturated rings. The van der Waals surface area contributed by atoms with Crippen LogP contribution in [0.25, 0.3) is 0 Å². The van der Waals surface area contributed by atoms with Gasteiger partial charge in [0.05, 0.1) is 25.5 Å². The molecule has 5 heteroatoms. The van der Waals surface area contributed by atoms with Crippen molar-refractivity contribution in [1.82, 2.24) is 4.90 Å². The summed E-state index contributed by atoms with van der Waals surface area (Å²) in [4.78, 5) is 27.4. The Morgan fingerprint density at radius 1 is 1.14 bits per heavy atom. The smallest absolute Gasteiger partial charge is 0.226 e. The first-order valence-corrected chi connectivity index (χ1v) is 9.80. The monoisotopic (exact) mass is 379 g/mol. The van der Waals surface area contributed by atoms with Gasteiger partial charge in [-0.1, -0.05) is 24.3 Å². The highest BCUT2D eigenvalue weighted by molar-refractivity contribution is 6.00. The first-order chi connectivity index (χ1) is 13.6. The van der Waals surface area contributed by atoms with Gasteiger partial charge in [0.2, 0.25) is 5.91 Å². The predicted molar refractivity (Wildman–Crippen MR) is 106 cm³/mol. The molecule has 2 heterocycles. The van der Waals surface area contributed by atoms with Crippen LogP contribution in [-0.4, -0.2) is 42.4 Å². The Balaban J connectivity index is 1.44. The zero-order valence-electron chi connectivity index (χ0n) is 16.1. The number of Topliss-reactive ketones (excluding diaryl/α,β-unsaturated/α-hetero) is 1. The summed E-state index contributed by atoms with van der Waals surface area (Å²) in [5, 5.41) is 0. The van der Waals surface area contributed by atoms with E-state index in [1.165, 1.54) is 0 Å². The normalized spacial score (nSPS) is 21.6. The maximum Gasteiger partial charge on any atom is 0.226 e. The van der Waals surface area contributed by atoms with Crippen LogP contribution < -0.4 is 9.47 Å². The average molecular weight is 379 g/mol. The van der Waals surface area contributed by atoms with Crippen LogP contribution in [0.5, 0.6) is 11.5 Å². The molecule has 2 aromatic carbocycles. The predicted octanol–water partition coefficient (Wildman–Crippen LogP) is 3.65. The highest BCUT2D eigenvalue weighted by Gasteiger charge is 2.41. The summed E-state index contributed by atoms with van der Waals surface area (Å²) in [7, 11) is 1.62. The Labute approximate surface area is 165 Å². The van der Waals surface area contributed by atoms with Crippen molar-refractivity contribution in [2.45, 2.75) is 37.7 Å². The van der Waals surface area contributed by atoms with Gasteiger partial charge in [0, 0.05) is 19.5 Å². The van der Waals surface area contributed by atoms with Crippen LogP contribution in [0.3, 0.4) is 0 Å². The van der Waals surface area contributed by atoms with Gasteiger partial charge in [-0.25, -0.2) is 0 Å². The van der Waals surface area contributed by atoms with Crippen molar-refractivity contribution in [3.05, 3.63) is 59.7 Å². The number of hydrogen-bond acceptors (Lipinski definition) is 4. The first-order valence-electron chi connectivity index (χ1n) is 9.80. The topological polar surface area (TPSA) is 55.8 Å². The highest BCUT2D eigenvalue weighted by Crippen LogP contribution is 2.39. The molecule has 4 rings (SSSR count). The van der Waals surface area contributed by atoms with Crippen molar-refractivity contribution in [3.63, 3.8) is 0 Å². The quantitative estimate of drug-likeness (QED) is 0.817. The van der Waals surface area contributed by atoms with Gasteiger partial charge in [-0.2, -0.15) is 0 Å². The molecule has 2 aliphatic rings. The largest absolute Gasteiger partial charge is 0.497 e. The lowest BCUT2D eigenvalue weighted by atomic mass is 9.84. The van der Waals surface area contributed by atoms with E-state index in [9.17, 15) is 9.59 Å². The molecule has 1 unspecified atom stereocenters. The van der Waals surface area contributed by atoms with Crippen LogP contribution in [0.1, 0.15) is 41.6 Å². The summed E-state index contributed by atoms with van der Waals surface area (Å²) >= 11 is 0. The second kappa shape index (κ2) is 7.66. The van der Waals surface area contributed by atoms with E-state index < -0.39 is 5.60 Å². The third-order valence-electron chi connectivity index (χ3n) is 5.74. The number of ether oxygens (including phenoxy) is 2. The van der Waals surface area contributed by atoms with Gasteiger partial charge >= 0.3 is 0 Å². The number of carbonyl (C=O) groups excluding carboxylic acids is 2. The van der Waals surface area contributed by atoms with E-state index in [1.54, 1.807) is 7.11 Å². The Morgan fingerprint density at radius 3 is 2.86 bits per heavy atom. The SMILES string of the molecule is COc1cccc(CC(=O)N2CCCC3(CC2)CC(=O)c2ccccc2O3)c1. The minimum atomic E-state index is -0.490. The van der Waals surface area contributed by atoms with Crippen molar-refractivity contribution in [2.75, 3.05) is 20.2 Å². The van der Waals surface area contributed by atoms with Crippen LogP contribution in [0.2, 0.25) is 0 Å². The van der Waals surface area contributed by atoms with Crippen LogP contribution in [0.15, 0.2) is 48.5 Å². The van der Waals surface area contributed by atoms with E-state index in [0.717, 1.165) is 24.2 Å². The minimum Gasteiger partial charge on any atom is -0.497 e.